The first kappa shape index (κ1) is 24.3. The number of benzene rings is 2. The summed E-state index contributed by atoms with van der Waals surface area (Å²) in [5, 5.41) is 15.7. The highest BCUT2D eigenvalue weighted by Crippen LogP contribution is 2.32. The van der Waals surface area contributed by atoms with Crippen LogP contribution in [-0.2, 0) is 24.4 Å². The van der Waals surface area contributed by atoms with Crippen LogP contribution in [-0.4, -0.2) is 26.8 Å². The largest absolute Gasteiger partial charge is 0.454 e. The number of nitro benzene ring substituents is 1. The highest BCUT2D eigenvalue weighted by Gasteiger charge is 2.17. The minimum atomic E-state index is -0.525. The molecule has 0 aliphatic carbocycles. The molecule has 0 saturated carbocycles. The molecule has 3 heterocycles. The molecule has 37 heavy (non-hydrogen) atoms. The zero-order valence-electron chi connectivity index (χ0n) is 19.5. The third-order valence-electron chi connectivity index (χ3n) is 6.01. The van der Waals surface area contributed by atoms with E-state index < -0.39 is 16.2 Å². The molecule has 0 fully saturated rings. The average molecular weight is 523 g/mol. The Morgan fingerprint density at radius 1 is 1.05 bits per heavy atom. The molecule has 0 saturated heterocycles. The number of carbonyl (C=O) groups is 1. The molecule has 2 aromatic carbocycles. The van der Waals surface area contributed by atoms with Gasteiger partial charge in [0.05, 0.1) is 17.0 Å². The van der Waals surface area contributed by atoms with Crippen LogP contribution in [0.3, 0.4) is 0 Å². The lowest BCUT2D eigenvalue weighted by Crippen LogP contribution is -2.40. The summed E-state index contributed by atoms with van der Waals surface area (Å²) in [5.41, 5.74) is 0.892. The zero-order chi connectivity index (χ0) is 25.9. The minimum Gasteiger partial charge on any atom is -0.454 e. The third kappa shape index (κ3) is 5.09. The van der Waals surface area contributed by atoms with Gasteiger partial charge in [-0.05, 0) is 41.1 Å². The van der Waals surface area contributed by atoms with Crippen molar-refractivity contribution in [3.8, 4) is 11.5 Å². The summed E-state index contributed by atoms with van der Waals surface area (Å²) in [4.78, 5) is 49.3. The van der Waals surface area contributed by atoms with Crippen LogP contribution in [0.5, 0.6) is 11.5 Å². The van der Waals surface area contributed by atoms with E-state index in [1.54, 1.807) is 29.6 Å². The summed E-state index contributed by atoms with van der Waals surface area (Å²) in [7, 11) is 0. The van der Waals surface area contributed by atoms with Gasteiger partial charge in [0.2, 0.25) is 12.7 Å². The van der Waals surface area contributed by atoms with E-state index in [9.17, 15) is 24.5 Å². The number of nitrogens with one attached hydrogen (secondary N) is 1. The molecule has 190 valence electrons. The van der Waals surface area contributed by atoms with Crippen LogP contribution in [0.4, 0.5) is 5.69 Å². The van der Waals surface area contributed by atoms with Gasteiger partial charge in [-0.25, -0.2) is 4.79 Å². The van der Waals surface area contributed by atoms with Gasteiger partial charge in [0.25, 0.3) is 11.2 Å². The Labute approximate surface area is 213 Å². The van der Waals surface area contributed by atoms with E-state index >= 15 is 0 Å². The van der Waals surface area contributed by atoms with E-state index in [0.29, 0.717) is 33.8 Å². The van der Waals surface area contributed by atoms with Crippen LogP contribution in [0.2, 0.25) is 0 Å². The monoisotopic (exact) mass is 522 g/mol. The lowest BCUT2D eigenvalue weighted by Gasteiger charge is -2.12. The molecule has 12 heteroatoms. The summed E-state index contributed by atoms with van der Waals surface area (Å²) in [6.45, 7) is 0.628. The number of fused-ring (bicyclic) bond motifs is 2. The van der Waals surface area contributed by atoms with Crippen LogP contribution in [0.15, 0.2) is 63.5 Å². The highest BCUT2D eigenvalue weighted by molar-refractivity contribution is 7.17. The second-order valence-electron chi connectivity index (χ2n) is 8.46. The maximum atomic E-state index is 13.3. The number of thiophene rings is 1. The van der Waals surface area contributed by atoms with Gasteiger partial charge < -0.3 is 14.8 Å². The van der Waals surface area contributed by atoms with Gasteiger partial charge in [0, 0.05) is 31.6 Å². The highest BCUT2D eigenvalue weighted by atomic mass is 32.1. The van der Waals surface area contributed by atoms with Gasteiger partial charge in [0.1, 0.15) is 4.70 Å². The molecule has 0 atom stereocenters. The third-order valence-corrected chi connectivity index (χ3v) is 6.90. The van der Waals surface area contributed by atoms with E-state index in [-0.39, 0.29) is 44.3 Å². The SMILES string of the molecule is O=C(CCCn1c(=O)c2sccc2n(Cc2cccc([N+](=O)[O-])c2)c1=O)NCc1ccc2c(c1)OCO2. The van der Waals surface area contributed by atoms with Crippen molar-refractivity contribution in [1.29, 1.82) is 0 Å². The van der Waals surface area contributed by atoms with Crippen molar-refractivity contribution in [2.75, 3.05) is 6.79 Å². The fraction of sp³-hybridized carbons (Fsp3) is 0.240. The van der Waals surface area contributed by atoms with Crippen LogP contribution >= 0.6 is 11.3 Å². The van der Waals surface area contributed by atoms with Crippen LogP contribution in [0, 0.1) is 10.1 Å². The number of non-ortho nitro benzene ring substituents is 1. The molecule has 4 aromatic rings. The summed E-state index contributed by atoms with van der Waals surface area (Å²) in [5.74, 6) is 1.09. The first-order chi connectivity index (χ1) is 17.9. The molecule has 5 rings (SSSR count). The average Bonchev–Trinajstić information content (AvgIpc) is 3.57. The summed E-state index contributed by atoms with van der Waals surface area (Å²) in [6.07, 6.45) is 0.416. The van der Waals surface area contributed by atoms with Gasteiger partial charge >= 0.3 is 5.69 Å². The molecule has 11 nitrogen and oxygen atoms in total. The Morgan fingerprint density at radius 3 is 2.73 bits per heavy atom. The molecule has 0 bridgehead atoms. The molecule has 1 amide bonds. The Morgan fingerprint density at radius 2 is 1.89 bits per heavy atom. The van der Waals surface area contributed by atoms with Crippen LogP contribution in [0.1, 0.15) is 24.0 Å². The maximum Gasteiger partial charge on any atom is 0.331 e. The Kier molecular flexibility index (Phi) is 6.73. The molecule has 1 N–H and O–H groups in total. The second kappa shape index (κ2) is 10.3. The topological polar surface area (TPSA) is 135 Å². The van der Waals surface area contributed by atoms with Gasteiger partial charge in [-0.2, -0.15) is 0 Å². The molecular weight excluding hydrogens is 500 g/mol. The smallest absolute Gasteiger partial charge is 0.331 e. The molecular formula is C25H22N4O7S. The van der Waals surface area contributed by atoms with Crippen molar-refractivity contribution < 1.29 is 19.2 Å². The quantitative estimate of drug-likeness (QED) is 0.264. The predicted octanol–water partition coefficient (Wildman–Crippen LogP) is 3.01. The van der Waals surface area contributed by atoms with Crippen molar-refractivity contribution in [3.63, 3.8) is 0 Å². The summed E-state index contributed by atoms with van der Waals surface area (Å²) >= 11 is 1.22. The Hall–Kier alpha value is -4.45. The number of hydrogen-bond donors (Lipinski definition) is 1. The zero-order valence-corrected chi connectivity index (χ0v) is 20.4. The number of nitrogens with zero attached hydrogens (tertiary/aromatic N) is 3. The van der Waals surface area contributed by atoms with Crippen LogP contribution < -0.4 is 26.0 Å². The first-order valence-corrected chi connectivity index (χ1v) is 12.4. The Balaban J connectivity index is 1.28. The van der Waals surface area contributed by atoms with Gasteiger partial charge in [0.15, 0.2) is 11.5 Å². The number of ether oxygens (including phenoxy) is 2. The van der Waals surface area contributed by atoms with Gasteiger partial charge in [-0.3, -0.25) is 28.8 Å². The van der Waals surface area contributed by atoms with Crippen molar-refractivity contribution >= 4 is 33.1 Å². The van der Waals surface area contributed by atoms with E-state index in [2.05, 4.69) is 5.32 Å². The Bertz CT molecular complexity index is 1620. The fourth-order valence-electron chi connectivity index (χ4n) is 4.17. The number of nitro groups is 1. The fourth-order valence-corrected chi connectivity index (χ4v) is 5.01. The number of carbonyl (C=O) groups excluding carboxylic acids is 1. The molecule has 0 unspecified atom stereocenters. The van der Waals surface area contributed by atoms with Crippen molar-refractivity contribution in [2.45, 2.75) is 32.5 Å². The summed E-state index contributed by atoms with van der Waals surface area (Å²) in [6, 6.07) is 13.2. The minimum absolute atomic E-state index is 0.0673. The standard InChI is InChI=1S/C25H22N4O7S/c30-22(26-13-16-6-7-20-21(12-16)36-15-35-20)5-2-9-27-24(31)23-19(8-10-37-23)28(25(27)32)14-17-3-1-4-18(11-17)29(33)34/h1,3-4,6-8,10-12H,2,5,9,13-15H2,(H,26,30). The van der Waals surface area contributed by atoms with E-state index in [4.69, 9.17) is 9.47 Å². The lowest BCUT2D eigenvalue weighted by atomic mass is 10.2. The maximum absolute atomic E-state index is 13.3. The predicted molar refractivity (Wildman–Crippen MR) is 136 cm³/mol. The molecule has 2 aromatic heterocycles. The van der Waals surface area contributed by atoms with Crippen molar-refractivity contribution in [2.24, 2.45) is 0 Å². The molecule has 0 radical (unpaired) electrons. The van der Waals surface area contributed by atoms with Crippen molar-refractivity contribution in [3.05, 3.63) is 96.0 Å². The summed E-state index contributed by atoms with van der Waals surface area (Å²) < 4.78 is 13.6. The number of aromatic nitrogens is 2. The molecule has 1 aliphatic rings. The number of rotatable bonds is 9. The normalized spacial score (nSPS) is 12.1. The van der Waals surface area contributed by atoms with E-state index in [0.717, 1.165) is 10.1 Å². The lowest BCUT2D eigenvalue weighted by molar-refractivity contribution is -0.384. The number of amides is 1. The molecule has 1 aliphatic heterocycles. The molecule has 0 spiro atoms. The van der Waals surface area contributed by atoms with Crippen molar-refractivity contribution in [1.82, 2.24) is 14.5 Å². The first-order valence-electron chi connectivity index (χ1n) is 11.5. The van der Waals surface area contributed by atoms with E-state index in [1.807, 2.05) is 12.1 Å². The van der Waals surface area contributed by atoms with E-state index in [1.165, 1.54) is 28.0 Å². The van der Waals surface area contributed by atoms with Crippen LogP contribution in [0.25, 0.3) is 10.2 Å². The van der Waals surface area contributed by atoms with Gasteiger partial charge in [-0.15, -0.1) is 11.3 Å². The number of hydrogen-bond acceptors (Lipinski definition) is 8. The van der Waals surface area contributed by atoms with Gasteiger partial charge in [-0.1, -0.05) is 18.2 Å². The second-order valence-corrected chi connectivity index (χ2v) is 9.37.